The molecule has 0 aliphatic heterocycles. The smallest absolute Gasteiger partial charge is 0.145 e. The van der Waals surface area contributed by atoms with E-state index in [9.17, 15) is 4.79 Å². The number of carbonyl (C=O) groups excluding carboxylic acids is 1. The molecule has 0 atom stereocenters. The molecule has 0 saturated carbocycles. The highest BCUT2D eigenvalue weighted by atomic mass is 16.3. The number of hydrogen-bond donors (Lipinski definition) is 3. The number of amidine groups is 1. The van der Waals surface area contributed by atoms with E-state index in [2.05, 4.69) is 10.3 Å². The molecule has 0 radical (unpaired) electrons. The van der Waals surface area contributed by atoms with Gasteiger partial charge < -0.3 is 21.0 Å². The van der Waals surface area contributed by atoms with Gasteiger partial charge in [-0.2, -0.15) is 0 Å². The first-order valence-electron chi connectivity index (χ1n) is 3.43. The quantitative estimate of drug-likeness (QED) is 0.231. The van der Waals surface area contributed by atoms with Crippen molar-refractivity contribution in [2.75, 3.05) is 13.6 Å². The van der Waals surface area contributed by atoms with Gasteiger partial charge in [-0.15, -0.1) is 0 Å². The molecular weight excluding hydrogens is 158 g/mol. The summed E-state index contributed by atoms with van der Waals surface area (Å²) in [4.78, 5) is 13.7. The van der Waals surface area contributed by atoms with Crippen molar-refractivity contribution in [2.45, 2.75) is 6.92 Å². The summed E-state index contributed by atoms with van der Waals surface area (Å²) in [6, 6.07) is 0. The van der Waals surface area contributed by atoms with Crippen molar-refractivity contribution in [1.29, 1.82) is 0 Å². The maximum atomic E-state index is 10.00. The van der Waals surface area contributed by atoms with Gasteiger partial charge in [0.05, 0.1) is 6.54 Å². The van der Waals surface area contributed by atoms with Crippen LogP contribution in [0.1, 0.15) is 6.92 Å². The van der Waals surface area contributed by atoms with Gasteiger partial charge in [0.1, 0.15) is 23.6 Å². The first-order valence-corrected chi connectivity index (χ1v) is 3.43. The second-order valence-electron chi connectivity index (χ2n) is 2.12. The van der Waals surface area contributed by atoms with Crippen molar-refractivity contribution in [3.63, 3.8) is 0 Å². The van der Waals surface area contributed by atoms with Crippen molar-refractivity contribution in [1.82, 2.24) is 5.32 Å². The lowest BCUT2D eigenvalue weighted by Gasteiger charge is -2.07. The fraction of sp³-hybridized carbons (Fsp3) is 0.429. The van der Waals surface area contributed by atoms with Crippen LogP contribution in [0.15, 0.2) is 16.4 Å². The lowest BCUT2D eigenvalue weighted by molar-refractivity contribution is -0.107. The molecule has 0 aliphatic rings. The minimum Gasteiger partial charge on any atom is -0.510 e. The van der Waals surface area contributed by atoms with Gasteiger partial charge in [-0.25, -0.2) is 0 Å². The van der Waals surface area contributed by atoms with Crippen molar-refractivity contribution >= 4 is 12.1 Å². The third kappa shape index (κ3) is 3.05. The van der Waals surface area contributed by atoms with E-state index in [1.165, 1.54) is 14.0 Å². The Morgan fingerprint density at radius 3 is 2.67 bits per heavy atom. The van der Waals surface area contributed by atoms with Crippen LogP contribution in [0.2, 0.25) is 0 Å². The summed E-state index contributed by atoms with van der Waals surface area (Å²) in [6.07, 6.45) is 0.673. The highest BCUT2D eigenvalue weighted by Crippen LogP contribution is 1.95. The van der Waals surface area contributed by atoms with E-state index < -0.39 is 0 Å². The van der Waals surface area contributed by atoms with Gasteiger partial charge in [0.2, 0.25) is 0 Å². The maximum absolute atomic E-state index is 10.00. The fourth-order valence-electron chi connectivity index (χ4n) is 0.659. The average molecular weight is 171 g/mol. The van der Waals surface area contributed by atoms with Gasteiger partial charge >= 0.3 is 0 Å². The maximum Gasteiger partial charge on any atom is 0.145 e. The van der Waals surface area contributed by atoms with Crippen LogP contribution in [0.3, 0.4) is 0 Å². The number of rotatable bonds is 4. The van der Waals surface area contributed by atoms with Crippen LogP contribution in [-0.4, -0.2) is 30.8 Å². The number of nitrogens with one attached hydrogen (secondary N) is 1. The summed E-state index contributed by atoms with van der Waals surface area (Å²) in [6.45, 7) is 1.56. The van der Waals surface area contributed by atoms with Gasteiger partial charge in [0.15, 0.2) is 0 Å². The van der Waals surface area contributed by atoms with E-state index in [1.54, 1.807) is 0 Å². The van der Waals surface area contributed by atoms with E-state index in [0.29, 0.717) is 12.0 Å². The molecule has 0 aromatic rings. The number of allylic oxidation sites excluding steroid dienone is 1. The second-order valence-corrected chi connectivity index (χ2v) is 2.12. The molecule has 12 heavy (non-hydrogen) atoms. The zero-order valence-corrected chi connectivity index (χ0v) is 7.16. The Kier molecular flexibility index (Phi) is 4.52. The molecule has 0 heterocycles. The number of aldehydes is 1. The summed E-state index contributed by atoms with van der Waals surface area (Å²) in [7, 11) is 1.50. The van der Waals surface area contributed by atoms with Crippen LogP contribution >= 0.6 is 0 Å². The van der Waals surface area contributed by atoms with Crippen molar-refractivity contribution < 1.29 is 9.90 Å². The highest BCUT2D eigenvalue weighted by molar-refractivity contribution is 5.96. The number of hydrogen-bond acceptors (Lipinski definition) is 4. The summed E-state index contributed by atoms with van der Waals surface area (Å²) >= 11 is 0. The number of nitrogens with two attached hydrogens (primary N) is 1. The molecule has 0 rings (SSSR count). The molecule has 0 amide bonds. The van der Waals surface area contributed by atoms with E-state index >= 15 is 0 Å². The fourth-order valence-corrected chi connectivity index (χ4v) is 0.659. The third-order valence-corrected chi connectivity index (χ3v) is 1.22. The number of aliphatic hydroxyl groups excluding tert-OH is 1. The zero-order valence-electron chi connectivity index (χ0n) is 7.16. The lowest BCUT2D eigenvalue weighted by Crippen LogP contribution is -2.29. The molecule has 0 spiro atoms. The monoisotopic (exact) mass is 171 g/mol. The highest BCUT2D eigenvalue weighted by Gasteiger charge is 2.04. The molecular formula is C7H13N3O2. The molecule has 0 aliphatic carbocycles. The number of aliphatic hydroxyl groups is 1. The number of aliphatic imine (C=N–C) groups is 1. The van der Waals surface area contributed by atoms with E-state index in [0.717, 1.165) is 0 Å². The Morgan fingerprint density at radius 2 is 2.33 bits per heavy atom. The summed E-state index contributed by atoms with van der Waals surface area (Å²) in [5, 5.41) is 11.7. The lowest BCUT2D eigenvalue weighted by atomic mass is 10.3. The van der Waals surface area contributed by atoms with E-state index in [4.69, 9.17) is 10.8 Å². The molecule has 68 valence electrons. The van der Waals surface area contributed by atoms with Crippen LogP contribution in [0.25, 0.3) is 0 Å². The van der Waals surface area contributed by atoms with Crippen molar-refractivity contribution in [3.8, 4) is 0 Å². The van der Waals surface area contributed by atoms with Crippen LogP contribution < -0.4 is 11.1 Å². The van der Waals surface area contributed by atoms with Crippen molar-refractivity contribution in [2.24, 2.45) is 10.7 Å². The number of nitrogens with zero attached hydrogens (tertiary/aromatic N) is 1. The predicted molar refractivity (Wildman–Crippen MR) is 46.9 cm³/mol. The Morgan fingerprint density at radius 1 is 1.75 bits per heavy atom. The molecule has 0 unspecified atom stereocenters. The minimum absolute atomic E-state index is 0.0138. The first kappa shape index (κ1) is 10.5. The normalized spacial score (nSPS) is 13.7. The molecule has 5 heteroatoms. The van der Waals surface area contributed by atoms with Crippen LogP contribution in [-0.2, 0) is 4.79 Å². The Hall–Kier alpha value is -1.52. The molecule has 0 bridgehead atoms. The van der Waals surface area contributed by atoms with Crippen LogP contribution in [0.5, 0.6) is 0 Å². The van der Waals surface area contributed by atoms with E-state index in [1.807, 2.05) is 0 Å². The topological polar surface area (TPSA) is 87.7 Å². The van der Waals surface area contributed by atoms with E-state index in [-0.39, 0.29) is 18.1 Å². The standard InChI is InChI=1S/C7H13N3O2/c1-5(12)6(7(8)9-2)10-3-4-11/h4,10,12H,3H2,1-2H3,(H2,8,9). The molecule has 0 aromatic heterocycles. The SMILES string of the molecule is CN=C(N)C(NCC=O)=C(C)O. The van der Waals surface area contributed by atoms with Crippen molar-refractivity contribution in [3.05, 3.63) is 11.5 Å². The van der Waals surface area contributed by atoms with Crippen LogP contribution in [0.4, 0.5) is 0 Å². The molecule has 0 fully saturated rings. The molecule has 0 aromatic carbocycles. The Labute approximate surface area is 71.0 Å². The zero-order chi connectivity index (χ0) is 9.56. The Bertz CT molecular complexity index is 217. The third-order valence-electron chi connectivity index (χ3n) is 1.22. The van der Waals surface area contributed by atoms with Gasteiger partial charge in [0, 0.05) is 7.05 Å². The molecule has 5 nitrogen and oxygen atoms in total. The van der Waals surface area contributed by atoms with Gasteiger partial charge in [-0.1, -0.05) is 0 Å². The molecule has 4 N–H and O–H groups in total. The first-order chi connectivity index (χ1) is 5.63. The van der Waals surface area contributed by atoms with Gasteiger partial charge in [-0.05, 0) is 6.92 Å². The van der Waals surface area contributed by atoms with Gasteiger partial charge in [-0.3, -0.25) is 4.99 Å². The largest absolute Gasteiger partial charge is 0.510 e. The minimum atomic E-state index is 0.0138. The molecule has 0 saturated heterocycles. The summed E-state index contributed by atoms with van der Waals surface area (Å²) in [5.41, 5.74) is 5.71. The summed E-state index contributed by atoms with van der Waals surface area (Å²) in [5.74, 6) is 0.191. The second kappa shape index (κ2) is 5.17. The predicted octanol–water partition coefficient (Wildman–Crippen LogP) is -0.449. The number of carbonyl (C=O) groups is 1. The average Bonchev–Trinajstić information content (AvgIpc) is 2.04. The Balaban J connectivity index is 4.47. The van der Waals surface area contributed by atoms with Crippen LogP contribution in [0, 0.1) is 0 Å². The van der Waals surface area contributed by atoms with Gasteiger partial charge in [0.25, 0.3) is 0 Å². The summed E-state index contributed by atoms with van der Waals surface area (Å²) < 4.78 is 0.